The molecular weight excluding hydrogens is 365 g/mol. The molecule has 2 atom stereocenters. The highest BCUT2D eigenvalue weighted by atomic mass is 19.1. The molecule has 28 heavy (non-hydrogen) atoms. The number of anilines is 1. The zero-order valence-electron chi connectivity index (χ0n) is 15.1. The van der Waals surface area contributed by atoms with Gasteiger partial charge in [-0.3, -0.25) is 4.79 Å². The summed E-state index contributed by atoms with van der Waals surface area (Å²) in [5, 5.41) is 18.1. The lowest BCUT2D eigenvalue weighted by Crippen LogP contribution is -2.32. The van der Waals surface area contributed by atoms with E-state index >= 15 is 0 Å². The van der Waals surface area contributed by atoms with Gasteiger partial charge in [0, 0.05) is 31.4 Å². The van der Waals surface area contributed by atoms with E-state index in [2.05, 4.69) is 11.1 Å². The first-order valence-electron chi connectivity index (χ1n) is 9.27. The number of hydrogen-bond acceptors (Lipinski definition) is 6. The highest BCUT2D eigenvalue weighted by Gasteiger charge is 2.32. The summed E-state index contributed by atoms with van der Waals surface area (Å²) in [4.78, 5) is 30.1. The van der Waals surface area contributed by atoms with Crippen molar-refractivity contribution in [1.82, 2.24) is 9.55 Å². The maximum absolute atomic E-state index is 14.8. The Morgan fingerprint density at radius 2 is 2.21 bits per heavy atom. The monoisotopic (exact) mass is 385 g/mol. The third-order valence-electron chi connectivity index (χ3n) is 5.57. The summed E-state index contributed by atoms with van der Waals surface area (Å²) in [7, 11) is 0. The third-order valence-corrected chi connectivity index (χ3v) is 5.57. The first-order valence-corrected chi connectivity index (χ1v) is 9.27. The Labute approximate surface area is 160 Å². The van der Waals surface area contributed by atoms with Crippen molar-refractivity contribution in [3.63, 3.8) is 0 Å². The van der Waals surface area contributed by atoms with E-state index in [9.17, 15) is 19.1 Å². The third kappa shape index (κ3) is 3.10. The maximum atomic E-state index is 14.8. The first-order chi connectivity index (χ1) is 13.4. The zero-order valence-corrected chi connectivity index (χ0v) is 15.1. The number of nitriles is 1. The van der Waals surface area contributed by atoms with Crippen LogP contribution >= 0.6 is 0 Å². The molecule has 146 valence electrons. The average molecular weight is 385 g/mol. The van der Waals surface area contributed by atoms with Crippen molar-refractivity contribution in [2.75, 3.05) is 18.0 Å². The van der Waals surface area contributed by atoms with Gasteiger partial charge in [0.25, 0.3) is 0 Å². The number of carboxylic acids is 1. The summed E-state index contributed by atoms with van der Waals surface area (Å²) in [5.41, 5.74) is 5.23. The second-order valence-corrected chi connectivity index (χ2v) is 7.50. The fourth-order valence-corrected chi connectivity index (χ4v) is 3.84. The van der Waals surface area contributed by atoms with E-state index in [1.165, 1.54) is 6.20 Å². The molecule has 2 fully saturated rings. The van der Waals surface area contributed by atoms with Gasteiger partial charge in [0.1, 0.15) is 11.2 Å². The topological polar surface area (TPSA) is 125 Å². The number of aromatic carboxylic acids is 1. The average Bonchev–Trinajstić information content (AvgIpc) is 3.38. The fraction of sp³-hybridized carbons (Fsp3) is 0.474. The molecule has 3 heterocycles. The van der Waals surface area contributed by atoms with Gasteiger partial charge < -0.3 is 20.3 Å². The van der Waals surface area contributed by atoms with Gasteiger partial charge in [-0.1, -0.05) is 0 Å². The highest BCUT2D eigenvalue weighted by molar-refractivity contribution is 5.92. The predicted octanol–water partition coefficient (Wildman–Crippen LogP) is 1.64. The minimum Gasteiger partial charge on any atom is -0.477 e. The number of nitrogens with two attached hydrogens (primary N) is 1. The second kappa shape index (κ2) is 6.87. The fourth-order valence-electron chi connectivity index (χ4n) is 3.84. The number of halogens is 1. The van der Waals surface area contributed by atoms with Crippen molar-refractivity contribution in [2.45, 2.75) is 37.8 Å². The largest absolute Gasteiger partial charge is 0.477 e. The molecule has 0 amide bonds. The summed E-state index contributed by atoms with van der Waals surface area (Å²) >= 11 is 0. The van der Waals surface area contributed by atoms with Crippen molar-refractivity contribution >= 4 is 22.8 Å². The Hall–Kier alpha value is -2.99. The van der Waals surface area contributed by atoms with Gasteiger partial charge in [0.15, 0.2) is 11.6 Å². The number of carbonyl (C=O) groups is 1. The zero-order chi connectivity index (χ0) is 20.0. The number of rotatable bonds is 5. The van der Waals surface area contributed by atoms with Crippen LogP contribution in [0.2, 0.25) is 0 Å². The highest BCUT2D eigenvalue weighted by Crippen LogP contribution is 2.37. The van der Waals surface area contributed by atoms with E-state index < -0.39 is 17.2 Å². The number of pyridine rings is 2. The van der Waals surface area contributed by atoms with Gasteiger partial charge in [-0.05, 0) is 31.2 Å². The second-order valence-electron chi connectivity index (χ2n) is 7.50. The van der Waals surface area contributed by atoms with Gasteiger partial charge in [-0.25, -0.2) is 14.2 Å². The molecule has 0 spiro atoms. The van der Waals surface area contributed by atoms with Crippen LogP contribution in [0.15, 0.2) is 17.1 Å². The van der Waals surface area contributed by atoms with E-state index in [0.29, 0.717) is 18.7 Å². The Morgan fingerprint density at radius 3 is 2.86 bits per heavy atom. The first kappa shape index (κ1) is 18.4. The molecule has 2 aromatic rings. The van der Waals surface area contributed by atoms with Crippen molar-refractivity contribution in [1.29, 1.82) is 5.26 Å². The van der Waals surface area contributed by atoms with E-state index in [1.54, 1.807) is 9.47 Å². The van der Waals surface area contributed by atoms with Gasteiger partial charge in [0.05, 0.1) is 17.9 Å². The number of nitrogens with zero attached hydrogens (tertiary/aromatic N) is 4. The Balaban J connectivity index is 1.78. The van der Waals surface area contributed by atoms with E-state index in [-0.39, 0.29) is 41.2 Å². The van der Waals surface area contributed by atoms with Crippen LogP contribution in [-0.4, -0.2) is 39.8 Å². The Kier molecular flexibility index (Phi) is 4.51. The van der Waals surface area contributed by atoms with E-state index in [1.807, 2.05) is 0 Å². The van der Waals surface area contributed by atoms with Crippen molar-refractivity contribution < 1.29 is 14.3 Å². The van der Waals surface area contributed by atoms with Crippen LogP contribution < -0.4 is 16.1 Å². The van der Waals surface area contributed by atoms with Gasteiger partial charge >= 0.3 is 5.97 Å². The smallest absolute Gasteiger partial charge is 0.341 e. The molecule has 1 aliphatic heterocycles. The predicted molar refractivity (Wildman–Crippen MR) is 99.7 cm³/mol. The molecule has 4 rings (SSSR count). The van der Waals surface area contributed by atoms with Crippen LogP contribution in [-0.2, 0) is 0 Å². The molecule has 0 bridgehead atoms. The molecule has 1 saturated carbocycles. The molecule has 1 aliphatic carbocycles. The SMILES string of the molecule is N#CCC(N)C1CCN(c2nc3c(cc2F)c(=O)c(C(=O)O)cn3C2CC2)C1. The number of hydrogen-bond donors (Lipinski definition) is 2. The van der Waals surface area contributed by atoms with Crippen LogP contribution in [0.1, 0.15) is 42.1 Å². The molecule has 3 N–H and O–H groups in total. The number of fused-ring (bicyclic) bond motifs is 1. The van der Waals surface area contributed by atoms with Gasteiger partial charge in [0.2, 0.25) is 5.43 Å². The van der Waals surface area contributed by atoms with E-state index in [4.69, 9.17) is 11.0 Å². The minimum absolute atomic E-state index is 0.0232. The van der Waals surface area contributed by atoms with Gasteiger partial charge in [-0.2, -0.15) is 5.26 Å². The molecule has 2 aromatic heterocycles. The Bertz CT molecular complexity index is 1060. The molecule has 2 aliphatic rings. The number of aromatic nitrogens is 2. The summed E-state index contributed by atoms with van der Waals surface area (Å²) < 4.78 is 16.5. The molecular formula is C19H20FN5O3. The van der Waals surface area contributed by atoms with Crippen LogP contribution in [0.4, 0.5) is 10.2 Å². The van der Waals surface area contributed by atoms with E-state index in [0.717, 1.165) is 25.3 Å². The van der Waals surface area contributed by atoms with Crippen LogP contribution in [0.3, 0.4) is 0 Å². The maximum Gasteiger partial charge on any atom is 0.341 e. The van der Waals surface area contributed by atoms with Crippen LogP contribution in [0, 0.1) is 23.1 Å². The Morgan fingerprint density at radius 1 is 1.46 bits per heavy atom. The molecule has 9 heteroatoms. The summed E-state index contributed by atoms with van der Waals surface area (Å²) in [6.45, 7) is 1.04. The molecule has 0 aromatic carbocycles. The van der Waals surface area contributed by atoms with Crippen molar-refractivity contribution in [2.24, 2.45) is 11.7 Å². The lowest BCUT2D eigenvalue weighted by molar-refractivity contribution is 0.0695. The molecule has 8 nitrogen and oxygen atoms in total. The molecule has 1 saturated heterocycles. The molecule has 2 unspecified atom stereocenters. The quantitative estimate of drug-likeness (QED) is 0.801. The van der Waals surface area contributed by atoms with Crippen molar-refractivity contribution in [3.05, 3.63) is 33.9 Å². The molecule has 0 radical (unpaired) electrons. The van der Waals surface area contributed by atoms with Crippen LogP contribution in [0.5, 0.6) is 0 Å². The van der Waals surface area contributed by atoms with Crippen molar-refractivity contribution in [3.8, 4) is 6.07 Å². The lowest BCUT2D eigenvalue weighted by Gasteiger charge is -2.21. The normalized spacial score (nSPS) is 20.3. The summed E-state index contributed by atoms with van der Waals surface area (Å²) in [6.07, 6.45) is 4.01. The van der Waals surface area contributed by atoms with Gasteiger partial charge in [-0.15, -0.1) is 0 Å². The van der Waals surface area contributed by atoms with Crippen LogP contribution in [0.25, 0.3) is 11.0 Å². The minimum atomic E-state index is -1.33. The lowest BCUT2D eigenvalue weighted by atomic mass is 9.98. The summed E-state index contributed by atoms with van der Waals surface area (Å²) in [6, 6.07) is 2.95. The summed E-state index contributed by atoms with van der Waals surface area (Å²) in [5.74, 6) is -1.80. The standard InChI is InChI=1S/C19H20FN5O3/c20-14-7-12-16(26)13(19(27)28)9-25(11-1-2-11)17(12)23-18(14)24-6-4-10(8-24)15(22)3-5-21/h7,9-11,15H,1-4,6,8,22H2,(H,27,28). The number of carboxylic acid groups (broad SMARTS) is 1.